The van der Waals surface area contributed by atoms with Crippen molar-refractivity contribution < 1.29 is 23.5 Å². The number of rotatable bonds is 5. The number of para-hydroxylation sites is 1. The van der Waals surface area contributed by atoms with E-state index in [1.807, 2.05) is 0 Å². The Bertz CT molecular complexity index is 1790. The van der Waals surface area contributed by atoms with E-state index in [0.29, 0.717) is 16.7 Å². The van der Waals surface area contributed by atoms with E-state index < -0.39 is 23.4 Å². The van der Waals surface area contributed by atoms with Gasteiger partial charge in [-0.25, -0.2) is 13.9 Å². The van der Waals surface area contributed by atoms with Crippen LogP contribution in [0.5, 0.6) is 5.75 Å². The van der Waals surface area contributed by atoms with E-state index in [4.69, 9.17) is 4.74 Å². The summed E-state index contributed by atoms with van der Waals surface area (Å²) in [6.07, 6.45) is 0. The normalized spacial score (nSPS) is 13.0. The number of benzene rings is 4. The molecule has 1 N–H and O–H groups in total. The van der Waals surface area contributed by atoms with Crippen LogP contribution in [-0.4, -0.2) is 32.5 Å². The van der Waals surface area contributed by atoms with E-state index in [-0.39, 0.29) is 33.8 Å². The lowest BCUT2D eigenvalue weighted by atomic mass is 9.90. The van der Waals surface area contributed by atoms with Gasteiger partial charge in [-0.1, -0.05) is 47.7 Å². The quantitative estimate of drug-likeness (QED) is 0.261. The smallest absolute Gasteiger partial charge is 0.343 e. The molecule has 184 valence electrons. The van der Waals surface area contributed by atoms with Crippen LogP contribution >= 0.6 is 0 Å². The van der Waals surface area contributed by atoms with Crippen LogP contribution in [0.3, 0.4) is 0 Å². The van der Waals surface area contributed by atoms with Crippen LogP contribution in [0.15, 0.2) is 103 Å². The van der Waals surface area contributed by atoms with Crippen LogP contribution in [0.1, 0.15) is 31.1 Å². The van der Waals surface area contributed by atoms with Gasteiger partial charge in [-0.2, -0.15) is 0 Å². The van der Waals surface area contributed by atoms with Gasteiger partial charge in [0.15, 0.2) is 0 Å². The summed E-state index contributed by atoms with van der Waals surface area (Å²) in [5, 5.41) is 11.3. The van der Waals surface area contributed by atoms with Gasteiger partial charge < -0.3 is 10.1 Å². The van der Waals surface area contributed by atoms with Gasteiger partial charge in [-0.05, 0) is 48.5 Å². The molecular formula is C29H17FN4O4. The number of allylic oxidation sites excluding steroid dienone is 2. The zero-order chi connectivity index (χ0) is 26.2. The van der Waals surface area contributed by atoms with Crippen molar-refractivity contribution in [3.63, 3.8) is 0 Å². The zero-order valence-electron chi connectivity index (χ0n) is 19.6. The number of hydrogen-bond acceptors (Lipinski definition) is 7. The van der Waals surface area contributed by atoms with Gasteiger partial charge >= 0.3 is 5.97 Å². The van der Waals surface area contributed by atoms with Crippen molar-refractivity contribution in [3.8, 4) is 5.75 Å². The maximum Gasteiger partial charge on any atom is 0.343 e. The maximum atomic E-state index is 13.7. The maximum absolute atomic E-state index is 13.7. The molecule has 0 bridgehead atoms. The Kier molecular flexibility index (Phi) is 5.57. The summed E-state index contributed by atoms with van der Waals surface area (Å²) in [4.78, 5) is 39.8. The number of anilines is 1. The second-order valence-corrected chi connectivity index (χ2v) is 8.47. The first kappa shape index (κ1) is 23.0. The number of halogens is 1. The third-order valence-electron chi connectivity index (χ3n) is 6.05. The fourth-order valence-electron chi connectivity index (χ4n) is 4.25. The number of fused-ring (bicyclic) bond motifs is 2. The van der Waals surface area contributed by atoms with Crippen molar-refractivity contribution in [1.29, 1.82) is 0 Å². The molecule has 6 rings (SSSR count). The average molecular weight is 504 g/mol. The third-order valence-corrected chi connectivity index (χ3v) is 6.05. The summed E-state index contributed by atoms with van der Waals surface area (Å²) in [7, 11) is 0. The van der Waals surface area contributed by atoms with Gasteiger partial charge in [0.1, 0.15) is 28.5 Å². The summed E-state index contributed by atoms with van der Waals surface area (Å²) in [6.45, 7) is 0. The molecule has 0 saturated carbocycles. The summed E-state index contributed by atoms with van der Waals surface area (Å²) >= 11 is 0. The number of nitrogens with one attached hydrogen (secondary N) is 1. The molecule has 8 nitrogen and oxygen atoms in total. The van der Waals surface area contributed by atoms with E-state index in [1.165, 1.54) is 35.0 Å². The zero-order valence-corrected chi connectivity index (χ0v) is 19.6. The molecule has 9 heteroatoms. The largest absolute Gasteiger partial charge is 0.423 e. The highest BCUT2D eigenvalue weighted by Gasteiger charge is 2.35. The lowest BCUT2D eigenvalue weighted by Gasteiger charge is -2.22. The Hall–Kier alpha value is -5.44. The number of hydrogen-bond donors (Lipinski definition) is 1. The molecule has 1 heterocycles. The Morgan fingerprint density at radius 1 is 0.816 bits per heavy atom. The molecule has 1 aromatic heterocycles. The van der Waals surface area contributed by atoms with Gasteiger partial charge in [-0.3, -0.25) is 9.59 Å². The van der Waals surface area contributed by atoms with Gasteiger partial charge in [-0.15, -0.1) is 5.10 Å². The molecule has 0 fully saturated rings. The molecule has 0 spiro atoms. The number of ketones is 2. The predicted molar refractivity (Wildman–Crippen MR) is 137 cm³/mol. The molecule has 4 aromatic carbocycles. The predicted octanol–water partition coefficient (Wildman–Crippen LogP) is 5.15. The number of nitrogens with zero attached hydrogens (tertiary/aromatic N) is 3. The van der Waals surface area contributed by atoms with E-state index in [1.54, 1.807) is 66.7 Å². The summed E-state index contributed by atoms with van der Waals surface area (Å²) < 4.78 is 20.0. The highest BCUT2D eigenvalue weighted by atomic mass is 19.1. The van der Waals surface area contributed by atoms with Crippen LogP contribution in [0, 0.1) is 5.82 Å². The summed E-state index contributed by atoms with van der Waals surface area (Å²) in [5.74, 6) is -1.74. The van der Waals surface area contributed by atoms with Crippen molar-refractivity contribution in [2.24, 2.45) is 0 Å². The molecule has 0 radical (unpaired) electrons. The number of aromatic nitrogens is 3. The first-order valence-electron chi connectivity index (χ1n) is 11.6. The fraction of sp³-hybridized carbons (Fsp3) is 0. The first-order chi connectivity index (χ1) is 18.5. The molecule has 0 amide bonds. The van der Waals surface area contributed by atoms with Gasteiger partial charge in [0.2, 0.25) is 11.6 Å². The Balaban J connectivity index is 1.40. The summed E-state index contributed by atoms with van der Waals surface area (Å²) in [6, 6.07) is 25.0. The van der Waals surface area contributed by atoms with Crippen molar-refractivity contribution in [2.45, 2.75) is 0 Å². The molecule has 5 aromatic rings. The number of carbonyl (C=O) groups is 3. The molecule has 0 unspecified atom stereocenters. The lowest BCUT2D eigenvalue weighted by Crippen LogP contribution is -2.28. The molecule has 0 atom stereocenters. The lowest BCUT2D eigenvalue weighted by molar-refractivity contribution is 0.0734. The third kappa shape index (κ3) is 4.01. The van der Waals surface area contributed by atoms with Crippen LogP contribution in [-0.2, 0) is 0 Å². The molecule has 1 aliphatic rings. The highest BCUT2D eigenvalue weighted by molar-refractivity contribution is 6.38. The van der Waals surface area contributed by atoms with Crippen LogP contribution < -0.4 is 10.1 Å². The second kappa shape index (κ2) is 9.21. The van der Waals surface area contributed by atoms with Crippen LogP contribution in [0.2, 0.25) is 0 Å². The Labute approximate surface area is 215 Å². The average Bonchev–Trinajstić information content (AvgIpc) is 3.36. The molecule has 1 aliphatic carbocycles. The highest BCUT2D eigenvalue weighted by Crippen LogP contribution is 2.32. The van der Waals surface area contributed by atoms with E-state index in [9.17, 15) is 18.8 Å². The molecule has 38 heavy (non-hydrogen) atoms. The molecule has 0 saturated heterocycles. The van der Waals surface area contributed by atoms with Crippen molar-refractivity contribution >= 4 is 40.0 Å². The van der Waals surface area contributed by atoms with Crippen molar-refractivity contribution in [1.82, 2.24) is 15.0 Å². The minimum Gasteiger partial charge on any atom is -0.423 e. The molecule has 0 aliphatic heterocycles. The van der Waals surface area contributed by atoms with Crippen molar-refractivity contribution in [3.05, 3.63) is 125 Å². The van der Waals surface area contributed by atoms with Gasteiger partial charge in [0, 0.05) is 22.9 Å². The standard InChI is InChI=1S/C29H17FN4O4/c30-18-14-12-17(13-15-18)29(37)38-20-7-5-6-19(16-20)31-25-26(34-24-11-4-3-10-23(24)32-33-34)28(36)22-9-2-1-8-21(22)27(25)35/h1-16,31H. The Morgan fingerprint density at radius 3 is 2.32 bits per heavy atom. The number of esters is 1. The minimum absolute atomic E-state index is 0.00589. The van der Waals surface area contributed by atoms with Gasteiger partial charge in [0.25, 0.3) is 0 Å². The Morgan fingerprint density at radius 2 is 1.53 bits per heavy atom. The fourth-order valence-corrected chi connectivity index (χ4v) is 4.25. The second-order valence-electron chi connectivity index (χ2n) is 8.47. The number of ether oxygens (including phenoxy) is 1. The van der Waals surface area contributed by atoms with E-state index >= 15 is 0 Å². The SMILES string of the molecule is O=C(Oc1cccc(NC2=C(n3nnc4ccccc43)C(=O)c3ccccc3C2=O)c1)c1ccc(F)cc1. The van der Waals surface area contributed by atoms with Crippen molar-refractivity contribution in [2.75, 3.05) is 5.32 Å². The van der Waals surface area contributed by atoms with E-state index in [0.717, 1.165) is 0 Å². The number of carbonyl (C=O) groups excluding carboxylic acids is 3. The number of Topliss-reactive ketones (excluding diaryl/α,β-unsaturated/α-hetero) is 2. The van der Waals surface area contributed by atoms with Crippen LogP contribution in [0.25, 0.3) is 16.7 Å². The van der Waals surface area contributed by atoms with Gasteiger partial charge in [0.05, 0.1) is 11.1 Å². The first-order valence-corrected chi connectivity index (χ1v) is 11.6. The monoisotopic (exact) mass is 504 g/mol. The molecular weight excluding hydrogens is 487 g/mol. The van der Waals surface area contributed by atoms with E-state index in [2.05, 4.69) is 15.6 Å². The minimum atomic E-state index is -0.672. The topological polar surface area (TPSA) is 103 Å². The summed E-state index contributed by atoms with van der Waals surface area (Å²) in [5.41, 5.74) is 2.25. The van der Waals surface area contributed by atoms with Crippen LogP contribution in [0.4, 0.5) is 10.1 Å².